The number of phenolic OH excluding ortho intramolecular Hbond substituents is 1. The fourth-order valence-corrected chi connectivity index (χ4v) is 2.84. The molecule has 3 aromatic heterocycles. The van der Waals surface area contributed by atoms with Crippen LogP contribution >= 0.6 is 11.6 Å². The molecule has 4 aromatic rings. The maximum absolute atomic E-state index is 9.91. The number of pyridine rings is 1. The zero-order valence-electron chi connectivity index (χ0n) is 14.2. The molecule has 0 amide bonds. The maximum Gasteiger partial charge on any atom is 0.246 e. The molecule has 8 nitrogen and oxygen atoms in total. The molecule has 4 rings (SSSR count). The van der Waals surface area contributed by atoms with Gasteiger partial charge >= 0.3 is 0 Å². The normalized spacial score (nSPS) is 10.9. The molecule has 0 aliphatic carbocycles. The number of aromatic hydroxyl groups is 1. The number of phenols is 1. The summed E-state index contributed by atoms with van der Waals surface area (Å²) in [6.45, 7) is 0.323. The van der Waals surface area contributed by atoms with E-state index < -0.39 is 0 Å². The lowest BCUT2D eigenvalue weighted by Gasteiger charge is -2.10. The van der Waals surface area contributed by atoms with Gasteiger partial charge in [-0.15, -0.1) is 0 Å². The van der Waals surface area contributed by atoms with Crippen LogP contribution in [0.25, 0.3) is 22.8 Å². The minimum absolute atomic E-state index is 0.112. The van der Waals surface area contributed by atoms with Crippen molar-refractivity contribution in [2.75, 3.05) is 7.11 Å². The van der Waals surface area contributed by atoms with Gasteiger partial charge in [-0.1, -0.05) is 16.8 Å². The van der Waals surface area contributed by atoms with Gasteiger partial charge in [0.05, 0.1) is 12.1 Å². The summed E-state index contributed by atoms with van der Waals surface area (Å²) in [7, 11) is 1.46. The molecule has 0 aliphatic heterocycles. The molecule has 136 valence electrons. The number of rotatable bonds is 5. The largest absolute Gasteiger partial charge is 0.503 e. The van der Waals surface area contributed by atoms with E-state index in [4.69, 9.17) is 20.9 Å². The molecule has 1 aromatic carbocycles. The first-order valence-corrected chi connectivity index (χ1v) is 8.34. The predicted octanol–water partition coefficient (Wildman–Crippen LogP) is 3.41. The number of benzene rings is 1. The Balaban J connectivity index is 1.64. The van der Waals surface area contributed by atoms with Crippen LogP contribution in [0.5, 0.6) is 11.5 Å². The van der Waals surface area contributed by atoms with Gasteiger partial charge in [0.15, 0.2) is 11.5 Å². The second-order valence-electron chi connectivity index (χ2n) is 5.64. The Labute approximate surface area is 159 Å². The lowest BCUT2D eigenvalue weighted by molar-refractivity contribution is 0.371. The summed E-state index contributed by atoms with van der Waals surface area (Å²) in [6.07, 6.45) is 6.79. The maximum atomic E-state index is 9.91. The Morgan fingerprint density at radius 2 is 2.15 bits per heavy atom. The van der Waals surface area contributed by atoms with Crippen LogP contribution in [-0.2, 0) is 6.54 Å². The molecule has 0 spiro atoms. The van der Waals surface area contributed by atoms with Crippen LogP contribution in [-0.4, -0.2) is 36.9 Å². The van der Waals surface area contributed by atoms with Crippen LogP contribution in [0.15, 0.2) is 53.6 Å². The molecule has 0 fully saturated rings. The van der Waals surface area contributed by atoms with E-state index in [0.717, 1.165) is 5.56 Å². The SMILES string of the molecule is COc1cc(-c2nccn2Cc2nc(-c3cccnc3)no2)cc(Cl)c1O. The van der Waals surface area contributed by atoms with Crippen LogP contribution in [0.3, 0.4) is 0 Å². The Morgan fingerprint density at radius 3 is 2.93 bits per heavy atom. The van der Waals surface area contributed by atoms with Crippen molar-refractivity contribution in [2.45, 2.75) is 6.54 Å². The monoisotopic (exact) mass is 383 g/mol. The van der Waals surface area contributed by atoms with Crippen LogP contribution < -0.4 is 4.74 Å². The molecule has 0 atom stereocenters. The number of hydrogen-bond acceptors (Lipinski definition) is 7. The fourth-order valence-electron chi connectivity index (χ4n) is 2.63. The Morgan fingerprint density at radius 1 is 1.26 bits per heavy atom. The van der Waals surface area contributed by atoms with Crippen molar-refractivity contribution >= 4 is 11.6 Å². The van der Waals surface area contributed by atoms with Gasteiger partial charge in [0.25, 0.3) is 0 Å². The number of hydrogen-bond donors (Lipinski definition) is 1. The Kier molecular flexibility index (Phi) is 4.47. The first kappa shape index (κ1) is 17.0. The van der Waals surface area contributed by atoms with Crippen molar-refractivity contribution in [3.63, 3.8) is 0 Å². The lowest BCUT2D eigenvalue weighted by Crippen LogP contribution is -2.02. The van der Waals surface area contributed by atoms with Crippen LogP contribution in [0.1, 0.15) is 5.89 Å². The molecule has 0 saturated heterocycles. The number of methoxy groups -OCH3 is 1. The summed E-state index contributed by atoms with van der Waals surface area (Å²) < 4.78 is 12.3. The molecular weight excluding hydrogens is 370 g/mol. The molecule has 9 heteroatoms. The van der Waals surface area contributed by atoms with Gasteiger partial charge in [-0.05, 0) is 24.3 Å². The standard InChI is InChI=1S/C18H14ClN5O3/c1-26-14-8-12(7-13(19)16(14)25)18-21-5-6-24(18)10-15-22-17(23-27-15)11-3-2-4-20-9-11/h2-9,25H,10H2,1H3. The second kappa shape index (κ2) is 7.08. The predicted molar refractivity (Wildman–Crippen MR) is 97.5 cm³/mol. The van der Waals surface area contributed by atoms with Crippen molar-refractivity contribution < 1.29 is 14.4 Å². The molecule has 0 radical (unpaired) electrons. The highest BCUT2D eigenvalue weighted by atomic mass is 35.5. The van der Waals surface area contributed by atoms with Gasteiger partial charge in [-0.3, -0.25) is 4.98 Å². The topological polar surface area (TPSA) is 99.1 Å². The summed E-state index contributed by atoms with van der Waals surface area (Å²) in [4.78, 5) is 12.8. The highest BCUT2D eigenvalue weighted by molar-refractivity contribution is 6.32. The van der Waals surface area contributed by atoms with Gasteiger partial charge in [-0.25, -0.2) is 4.98 Å². The van der Waals surface area contributed by atoms with E-state index in [0.29, 0.717) is 29.6 Å². The third-order valence-electron chi connectivity index (χ3n) is 3.92. The number of halogens is 1. The van der Waals surface area contributed by atoms with Gasteiger partial charge in [-0.2, -0.15) is 4.98 Å². The number of aromatic nitrogens is 5. The number of imidazole rings is 1. The summed E-state index contributed by atoms with van der Waals surface area (Å²) in [5.74, 6) is 1.66. The molecule has 0 saturated carbocycles. The van der Waals surface area contributed by atoms with Gasteiger partial charge in [0, 0.05) is 35.9 Å². The van der Waals surface area contributed by atoms with Gasteiger partial charge in [0.1, 0.15) is 12.4 Å². The smallest absolute Gasteiger partial charge is 0.246 e. The first-order chi connectivity index (χ1) is 13.2. The Hall–Kier alpha value is -3.39. The zero-order valence-corrected chi connectivity index (χ0v) is 15.0. The van der Waals surface area contributed by atoms with E-state index in [1.165, 1.54) is 7.11 Å². The summed E-state index contributed by atoms with van der Waals surface area (Å²) in [6, 6.07) is 6.94. The highest BCUT2D eigenvalue weighted by Gasteiger charge is 2.16. The molecule has 27 heavy (non-hydrogen) atoms. The van der Waals surface area contributed by atoms with E-state index in [-0.39, 0.29) is 16.5 Å². The van der Waals surface area contributed by atoms with E-state index in [1.54, 1.807) is 43.0 Å². The van der Waals surface area contributed by atoms with Crippen molar-refractivity contribution in [3.8, 4) is 34.3 Å². The molecule has 1 N–H and O–H groups in total. The van der Waals surface area contributed by atoms with Gasteiger partial charge < -0.3 is 18.9 Å². The Bertz CT molecular complexity index is 1080. The van der Waals surface area contributed by atoms with Gasteiger partial charge in [0.2, 0.25) is 11.7 Å². The third-order valence-corrected chi connectivity index (χ3v) is 4.20. The third kappa shape index (κ3) is 3.34. The van der Waals surface area contributed by atoms with Crippen molar-refractivity contribution in [3.05, 3.63) is 60.0 Å². The average molecular weight is 384 g/mol. The molecular formula is C18H14ClN5O3. The van der Waals surface area contributed by atoms with Crippen LogP contribution in [0.2, 0.25) is 5.02 Å². The van der Waals surface area contributed by atoms with Crippen molar-refractivity contribution in [2.24, 2.45) is 0 Å². The number of nitrogens with zero attached hydrogens (tertiary/aromatic N) is 5. The van der Waals surface area contributed by atoms with Crippen LogP contribution in [0.4, 0.5) is 0 Å². The molecule has 3 heterocycles. The fraction of sp³-hybridized carbons (Fsp3) is 0.111. The van der Waals surface area contributed by atoms with E-state index in [1.807, 2.05) is 10.6 Å². The molecule has 0 aliphatic rings. The summed E-state index contributed by atoms with van der Waals surface area (Å²) in [5, 5.41) is 14.1. The lowest BCUT2D eigenvalue weighted by atomic mass is 10.2. The van der Waals surface area contributed by atoms with E-state index in [2.05, 4.69) is 20.1 Å². The molecule has 0 unspecified atom stereocenters. The average Bonchev–Trinajstić information content (AvgIpc) is 3.35. The highest BCUT2D eigenvalue weighted by Crippen LogP contribution is 2.38. The first-order valence-electron chi connectivity index (χ1n) is 7.96. The van der Waals surface area contributed by atoms with Crippen molar-refractivity contribution in [1.82, 2.24) is 24.7 Å². The minimum atomic E-state index is -0.112. The zero-order chi connectivity index (χ0) is 18.8. The van der Waals surface area contributed by atoms with Crippen LogP contribution in [0, 0.1) is 0 Å². The number of ether oxygens (including phenoxy) is 1. The van der Waals surface area contributed by atoms with E-state index in [9.17, 15) is 5.11 Å². The second-order valence-corrected chi connectivity index (χ2v) is 6.05. The quantitative estimate of drug-likeness (QED) is 0.563. The summed E-state index contributed by atoms with van der Waals surface area (Å²) >= 11 is 6.08. The minimum Gasteiger partial charge on any atom is -0.503 e. The summed E-state index contributed by atoms with van der Waals surface area (Å²) in [5.41, 5.74) is 1.46. The molecule has 0 bridgehead atoms. The van der Waals surface area contributed by atoms with Crippen molar-refractivity contribution in [1.29, 1.82) is 0 Å². The van der Waals surface area contributed by atoms with E-state index >= 15 is 0 Å².